The number of benzene rings is 2. The van der Waals surface area contributed by atoms with Crippen molar-refractivity contribution >= 4 is 5.82 Å². The Balaban J connectivity index is 2.46. The molecule has 4 nitrogen and oxygen atoms in total. The summed E-state index contributed by atoms with van der Waals surface area (Å²) in [7, 11) is 1.69. The molecule has 0 aliphatic heterocycles. The van der Waals surface area contributed by atoms with E-state index in [2.05, 4.69) is 31.0 Å². The first-order valence-electron chi connectivity index (χ1n) is 9.33. The Morgan fingerprint density at radius 3 is 2.32 bits per heavy atom. The first kappa shape index (κ1) is 19.4. The third kappa shape index (κ3) is 3.32. The summed E-state index contributed by atoms with van der Waals surface area (Å²) >= 11 is 0. The Morgan fingerprint density at radius 1 is 1.07 bits per heavy atom. The van der Waals surface area contributed by atoms with E-state index >= 15 is 0 Å². The fourth-order valence-corrected chi connectivity index (χ4v) is 3.66. The summed E-state index contributed by atoms with van der Waals surface area (Å²) in [6.45, 7) is 8.23. The number of nitriles is 1. The normalized spacial score (nSPS) is 10.8. The van der Waals surface area contributed by atoms with Gasteiger partial charge in [-0.3, -0.25) is 0 Å². The van der Waals surface area contributed by atoms with Crippen molar-refractivity contribution in [1.29, 1.82) is 5.26 Å². The van der Waals surface area contributed by atoms with Crippen LogP contribution in [0.5, 0.6) is 5.75 Å². The molecule has 3 rings (SSSR count). The fraction of sp³-hybridized carbons (Fsp3) is 0.250. The maximum atomic E-state index is 9.90. The Labute approximate surface area is 166 Å². The lowest BCUT2D eigenvalue weighted by molar-refractivity contribution is 0.407. The van der Waals surface area contributed by atoms with Crippen molar-refractivity contribution in [2.24, 2.45) is 0 Å². The number of methoxy groups -OCH3 is 1. The molecule has 0 fully saturated rings. The molecule has 142 valence electrons. The van der Waals surface area contributed by atoms with Crippen molar-refractivity contribution in [2.45, 2.75) is 33.6 Å². The van der Waals surface area contributed by atoms with Crippen molar-refractivity contribution in [3.8, 4) is 34.1 Å². The number of hydrogen-bond donors (Lipinski definition) is 1. The number of rotatable bonds is 4. The highest BCUT2D eigenvalue weighted by Gasteiger charge is 2.22. The molecule has 0 aliphatic rings. The number of anilines is 1. The number of nitrogen functional groups attached to an aromatic ring is 1. The lowest BCUT2D eigenvalue weighted by Crippen LogP contribution is -2.05. The first-order chi connectivity index (χ1) is 13.4. The molecule has 3 aromatic rings. The molecule has 0 unspecified atom stereocenters. The molecule has 0 amide bonds. The summed E-state index contributed by atoms with van der Waals surface area (Å²) in [5.41, 5.74) is 13.3. The largest absolute Gasteiger partial charge is 0.496 e. The van der Waals surface area contributed by atoms with Gasteiger partial charge in [-0.05, 0) is 54.2 Å². The summed E-state index contributed by atoms with van der Waals surface area (Å²) in [6, 6.07) is 16.5. The third-order valence-electron chi connectivity index (χ3n) is 5.05. The van der Waals surface area contributed by atoms with Crippen LogP contribution >= 0.6 is 0 Å². The number of pyridine rings is 1. The van der Waals surface area contributed by atoms with E-state index in [1.165, 1.54) is 0 Å². The third-order valence-corrected chi connectivity index (χ3v) is 5.05. The summed E-state index contributed by atoms with van der Waals surface area (Å²) in [5, 5.41) is 9.90. The Hall–Kier alpha value is -3.32. The topological polar surface area (TPSA) is 71.9 Å². The van der Waals surface area contributed by atoms with E-state index in [0.29, 0.717) is 5.56 Å². The van der Waals surface area contributed by atoms with E-state index < -0.39 is 0 Å². The van der Waals surface area contributed by atoms with Crippen molar-refractivity contribution in [3.05, 3.63) is 64.8 Å². The van der Waals surface area contributed by atoms with E-state index in [1.54, 1.807) is 7.11 Å². The minimum atomic E-state index is 0.260. The molecule has 0 spiro atoms. The zero-order chi connectivity index (χ0) is 20.4. The second kappa shape index (κ2) is 7.74. The zero-order valence-corrected chi connectivity index (χ0v) is 17.0. The first-order valence-corrected chi connectivity index (χ1v) is 9.33. The molecule has 1 heterocycles. The Kier molecular flexibility index (Phi) is 5.37. The standard InChI is InChI=1S/C24H25N3O/c1-14(2)18-12-19(15(3)11-21(18)28-5)23-20(13-25)24(26)27-16(4)22(23)17-9-7-6-8-10-17/h6-12,14H,1-5H3,(H2,26,27). The highest BCUT2D eigenvalue weighted by molar-refractivity contribution is 5.92. The molecule has 0 atom stereocenters. The molecule has 0 bridgehead atoms. The Morgan fingerprint density at radius 2 is 1.75 bits per heavy atom. The van der Waals surface area contributed by atoms with Crippen molar-refractivity contribution < 1.29 is 4.74 Å². The lowest BCUT2D eigenvalue weighted by atomic mass is 9.86. The quantitative estimate of drug-likeness (QED) is 0.646. The van der Waals surface area contributed by atoms with Crippen molar-refractivity contribution in [2.75, 3.05) is 12.8 Å². The number of ether oxygens (including phenoxy) is 1. The van der Waals surface area contributed by atoms with Crippen LogP contribution in [0.4, 0.5) is 5.82 Å². The average molecular weight is 371 g/mol. The number of nitrogens with zero attached hydrogens (tertiary/aromatic N) is 2. The molecule has 28 heavy (non-hydrogen) atoms. The number of nitrogens with two attached hydrogens (primary N) is 1. The van der Waals surface area contributed by atoms with Crippen LogP contribution in [-0.2, 0) is 0 Å². The summed E-state index contributed by atoms with van der Waals surface area (Å²) in [4.78, 5) is 4.46. The van der Waals surface area contributed by atoms with Gasteiger partial charge in [0, 0.05) is 16.8 Å². The molecule has 0 radical (unpaired) electrons. The summed E-state index contributed by atoms with van der Waals surface area (Å²) < 4.78 is 5.60. The van der Waals surface area contributed by atoms with Crippen LogP contribution in [0.1, 0.15) is 42.1 Å². The van der Waals surface area contributed by atoms with Crippen LogP contribution in [0.25, 0.3) is 22.3 Å². The second-order valence-electron chi connectivity index (χ2n) is 7.25. The monoisotopic (exact) mass is 371 g/mol. The van der Waals surface area contributed by atoms with E-state index in [-0.39, 0.29) is 11.7 Å². The van der Waals surface area contributed by atoms with Crippen molar-refractivity contribution in [1.82, 2.24) is 4.98 Å². The number of aryl methyl sites for hydroxylation is 2. The highest BCUT2D eigenvalue weighted by atomic mass is 16.5. The molecule has 0 aliphatic carbocycles. The fourth-order valence-electron chi connectivity index (χ4n) is 3.66. The van der Waals surface area contributed by atoms with Gasteiger partial charge in [0.2, 0.25) is 0 Å². The second-order valence-corrected chi connectivity index (χ2v) is 7.25. The van der Waals surface area contributed by atoms with Gasteiger partial charge in [-0.25, -0.2) is 4.98 Å². The molecule has 0 saturated carbocycles. The zero-order valence-electron chi connectivity index (χ0n) is 17.0. The maximum absolute atomic E-state index is 9.90. The lowest BCUT2D eigenvalue weighted by Gasteiger charge is -2.21. The van der Waals surface area contributed by atoms with Crippen LogP contribution in [0, 0.1) is 25.2 Å². The molecular weight excluding hydrogens is 346 g/mol. The van der Waals surface area contributed by atoms with Crippen LogP contribution in [0.15, 0.2) is 42.5 Å². The van der Waals surface area contributed by atoms with Gasteiger partial charge in [0.05, 0.1) is 7.11 Å². The average Bonchev–Trinajstić information content (AvgIpc) is 2.67. The maximum Gasteiger partial charge on any atom is 0.142 e. The minimum absolute atomic E-state index is 0.260. The van der Waals surface area contributed by atoms with Gasteiger partial charge in [0.15, 0.2) is 0 Å². The van der Waals surface area contributed by atoms with Crippen LogP contribution in [0.2, 0.25) is 0 Å². The van der Waals surface area contributed by atoms with Gasteiger partial charge in [0.25, 0.3) is 0 Å². The molecule has 4 heteroatoms. The van der Waals surface area contributed by atoms with E-state index in [1.807, 2.05) is 50.2 Å². The van der Waals surface area contributed by atoms with Crippen molar-refractivity contribution in [3.63, 3.8) is 0 Å². The predicted molar refractivity (Wildman–Crippen MR) is 114 cm³/mol. The highest BCUT2D eigenvalue weighted by Crippen LogP contribution is 2.42. The molecule has 2 N–H and O–H groups in total. The molecule has 2 aromatic carbocycles. The minimum Gasteiger partial charge on any atom is -0.496 e. The van der Waals surface area contributed by atoms with Gasteiger partial charge in [0.1, 0.15) is 23.2 Å². The van der Waals surface area contributed by atoms with Crippen LogP contribution in [0.3, 0.4) is 0 Å². The van der Waals surface area contributed by atoms with E-state index in [0.717, 1.165) is 44.8 Å². The molecule has 1 aromatic heterocycles. The molecular formula is C24H25N3O. The summed E-state index contributed by atoms with van der Waals surface area (Å²) in [6.07, 6.45) is 0. The smallest absolute Gasteiger partial charge is 0.142 e. The number of aromatic nitrogens is 1. The van der Waals surface area contributed by atoms with Gasteiger partial charge >= 0.3 is 0 Å². The number of hydrogen-bond acceptors (Lipinski definition) is 4. The van der Waals surface area contributed by atoms with Gasteiger partial charge in [-0.2, -0.15) is 5.26 Å². The van der Waals surface area contributed by atoms with Crippen LogP contribution in [-0.4, -0.2) is 12.1 Å². The van der Waals surface area contributed by atoms with Gasteiger partial charge in [-0.1, -0.05) is 44.2 Å². The van der Waals surface area contributed by atoms with Gasteiger partial charge < -0.3 is 10.5 Å². The SMILES string of the molecule is COc1cc(C)c(-c2c(C#N)c(N)nc(C)c2-c2ccccc2)cc1C(C)C. The van der Waals surface area contributed by atoms with E-state index in [4.69, 9.17) is 10.5 Å². The molecule has 0 saturated heterocycles. The predicted octanol–water partition coefficient (Wildman–Crippen LogP) is 5.62. The van der Waals surface area contributed by atoms with Crippen LogP contribution < -0.4 is 10.5 Å². The van der Waals surface area contributed by atoms with Gasteiger partial charge in [-0.15, -0.1) is 0 Å². The van der Waals surface area contributed by atoms with E-state index in [9.17, 15) is 5.26 Å². The Bertz CT molecular complexity index is 1060. The summed E-state index contributed by atoms with van der Waals surface area (Å²) in [5.74, 6) is 1.39.